The fourth-order valence-electron chi connectivity index (χ4n) is 3.79. The summed E-state index contributed by atoms with van der Waals surface area (Å²) in [6.45, 7) is 7.43. The Morgan fingerprint density at radius 3 is 2.07 bits per heavy atom. The molecule has 0 N–H and O–H groups in total. The third-order valence-electron chi connectivity index (χ3n) is 5.53. The van der Waals surface area contributed by atoms with Crippen LogP contribution in [0.2, 0.25) is 0 Å². The van der Waals surface area contributed by atoms with Gasteiger partial charge in [0.2, 0.25) is 0 Å². The second-order valence-electron chi connectivity index (χ2n) is 7.47. The molecule has 0 heterocycles. The van der Waals surface area contributed by atoms with E-state index in [0.29, 0.717) is 18.4 Å². The normalized spacial score (nSPS) is 19.1. The van der Waals surface area contributed by atoms with Crippen molar-refractivity contribution in [3.63, 3.8) is 0 Å². The average molecular weight is 359 g/mol. The van der Waals surface area contributed by atoms with Gasteiger partial charge in [-0.05, 0) is 79.3 Å². The summed E-state index contributed by atoms with van der Waals surface area (Å²) in [7, 11) is 0. The Balaban J connectivity index is 1.53. The molecule has 2 aromatic rings. The second kappa shape index (κ2) is 10.1. The minimum absolute atomic E-state index is 0.672. The van der Waals surface area contributed by atoms with Crippen molar-refractivity contribution >= 4 is 0 Å². The third-order valence-corrected chi connectivity index (χ3v) is 5.53. The molecular formula is C26H30O. The maximum atomic E-state index is 5.62. The maximum Gasteiger partial charge on any atom is 0.0644 e. The first kappa shape index (κ1) is 19.5. The van der Waals surface area contributed by atoms with Gasteiger partial charge in [-0.2, -0.15) is 0 Å². The molecule has 0 radical (unpaired) electrons. The molecule has 0 atom stereocenters. The van der Waals surface area contributed by atoms with Crippen LogP contribution in [0, 0.1) is 17.8 Å². The van der Waals surface area contributed by atoms with Gasteiger partial charge >= 0.3 is 0 Å². The molecule has 1 aliphatic rings. The van der Waals surface area contributed by atoms with Crippen molar-refractivity contribution < 1.29 is 4.74 Å². The number of hydrogen-bond acceptors (Lipinski definition) is 1. The van der Waals surface area contributed by atoms with Crippen LogP contribution < -0.4 is 0 Å². The van der Waals surface area contributed by atoms with Gasteiger partial charge in [0.05, 0.1) is 6.61 Å². The maximum absolute atomic E-state index is 5.62. The smallest absolute Gasteiger partial charge is 0.0644 e. The number of hydrogen-bond donors (Lipinski definition) is 0. The summed E-state index contributed by atoms with van der Waals surface area (Å²) in [4.78, 5) is 0. The van der Waals surface area contributed by atoms with Gasteiger partial charge in [-0.15, -0.1) is 6.58 Å². The molecule has 1 nitrogen and oxygen atoms in total. The highest BCUT2D eigenvalue weighted by atomic mass is 16.5. The van der Waals surface area contributed by atoms with E-state index in [-0.39, 0.29) is 0 Å². The van der Waals surface area contributed by atoms with Crippen molar-refractivity contribution in [2.75, 3.05) is 13.2 Å². The molecule has 3 rings (SSSR count). The molecule has 0 amide bonds. The quantitative estimate of drug-likeness (QED) is 0.343. The molecule has 0 spiro atoms. The molecule has 140 valence electrons. The van der Waals surface area contributed by atoms with E-state index in [1.54, 1.807) is 0 Å². The van der Waals surface area contributed by atoms with Crippen LogP contribution in [0.25, 0.3) is 0 Å². The molecule has 1 saturated carbocycles. The minimum atomic E-state index is 0.672. The standard InChI is InChI=1S/C26H30O/c1-3-19-27-20-24-13-17-26(18-14-24)25-15-11-23(12-16-25)10-9-22-7-5-21(4-2)6-8-22/h3,5-8,11-12,15-16,24,26H,1,4,13-14,17-20H2,2H3. The van der Waals surface area contributed by atoms with E-state index in [1.165, 1.54) is 36.8 Å². The highest BCUT2D eigenvalue weighted by Crippen LogP contribution is 2.35. The first-order valence-corrected chi connectivity index (χ1v) is 10.2. The van der Waals surface area contributed by atoms with Gasteiger partial charge in [-0.1, -0.05) is 49.1 Å². The largest absolute Gasteiger partial charge is 0.377 e. The summed E-state index contributed by atoms with van der Waals surface area (Å²) in [6, 6.07) is 17.4. The fraction of sp³-hybridized carbons (Fsp3) is 0.385. The Labute approximate surface area is 164 Å². The second-order valence-corrected chi connectivity index (χ2v) is 7.47. The Hall–Kier alpha value is -2.30. The SMILES string of the molecule is C=CCOCC1CCC(c2ccc(C#Cc3ccc(CC)cc3)cc2)CC1. The Morgan fingerprint density at radius 1 is 0.926 bits per heavy atom. The summed E-state index contributed by atoms with van der Waals surface area (Å²) in [6.07, 6.45) is 7.94. The zero-order chi connectivity index (χ0) is 18.9. The molecule has 0 aromatic heterocycles. The summed E-state index contributed by atoms with van der Waals surface area (Å²) in [5, 5.41) is 0. The van der Waals surface area contributed by atoms with E-state index in [0.717, 1.165) is 24.2 Å². The van der Waals surface area contributed by atoms with Gasteiger partial charge in [-0.25, -0.2) is 0 Å². The molecule has 2 aromatic carbocycles. The third kappa shape index (κ3) is 5.84. The van der Waals surface area contributed by atoms with Gasteiger partial charge in [-0.3, -0.25) is 0 Å². The number of rotatable bonds is 6. The first-order chi connectivity index (χ1) is 13.3. The first-order valence-electron chi connectivity index (χ1n) is 10.2. The molecule has 1 fully saturated rings. The van der Waals surface area contributed by atoms with Crippen molar-refractivity contribution in [1.29, 1.82) is 0 Å². The van der Waals surface area contributed by atoms with Crippen molar-refractivity contribution in [3.05, 3.63) is 83.4 Å². The minimum Gasteiger partial charge on any atom is -0.377 e. The molecular weight excluding hydrogens is 328 g/mol. The number of benzene rings is 2. The van der Waals surface area contributed by atoms with Crippen LogP contribution in [0.15, 0.2) is 61.2 Å². The Bertz CT molecular complexity index is 766. The number of ether oxygens (including phenoxy) is 1. The zero-order valence-corrected chi connectivity index (χ0v) is 16.4. The van der Waals surface area contributed by atoms with Gasteiger partial charge in [0.25, 0.3) is 0 Å². The van der Waals surface area contributed by atoms with Crippen molar-refractivity contribution in [2.24, 2.45) is 5.92 Å². The van der Waals surface area contributed by atoms with Crippen LogP contribution in [-0.4, -0.2) is 13.2 Å². The molecule has 0 bridgehead atoms. The van der Waals surface area contributed by atoms with Crippen molar-refractivity contribution in [2.45, 2.75) is 44.9 Å². The lowest BCUT2D eigenvalue weighted by Crippen LogP contribution is -2.18. The monoisotopic (exact) mass is 358 g/mol. The highest BCUT2D eigenvalue weighted by Gasteiger charge is 2.22. The van der Waals surface area contributed by atoms with Gasteiger partial charge in [0.1, 0.15) is 0 Å². The van der Waals surface area contributed by atoms with Crippen molar-refractivity contribution in [3.8, 4) is 11.8 Å². The summed E-state index contributed by atoms with van der Waals surface area (Å²) >= 11 is 0. The van der Waals surface area contributed by atoms with Crippen LogP contribution in [0.3, 0.4) is 0 Å². The highest BCUT2D eigenvalue weighted by molar-refractivity contribution is 5.44. The molecule has 1 aliphatic carbocycles. The van der Waals surface area contributed by atoms with E-state index in [9.17, 15) is 0 Å². The molecule has 0 unspecified atom stereocenters. The summed E-state index contributed by atoms with van der Waals surface area (Å²) in [5.41, 5.74) is 4.98. The van der Waals surface area contributed by atoms with Crippen LogP contribution in [0.1, 0.15) is 60.8 Å². The van der Waals surface area contributed by atoms with Gasteiger partial charge in [0, 0.05) is 17.7 Å². The summed E-state index contributed by atoms with van der Waals surface area (Å²) < 4.78 is 5.62. The lowest BCUT2D eigenvalue weighted by Gasteiger charge is -2.28. The van der Waals surface area contributed by atoms with E-state index in [4.69, 9.17) is 4.74 Å². The van der Waals surface area contributed by atoms with E-state index >= 15 is 0 Å². The Kier molecular flexibility index (Phi) is 7.31. The van der Waals surface area contributed by atoms with E-state index < -0.39 is 0 Å². The zero-order valence-electron chi connectivity index (χ0n) is 16.4. The van der Waals surface area contributed by atoms with Crippen LogP contribution in [0.4, 0.5) is 0 Å². The number of aryl methyl sites for hydroxylation is 1. The molecule has 0 aliphatic heterocycles. The lowest BCUT2D eigenvalue weighted by atomic mass is 9.79. The molecule has 27 heavy (non-hydrogen) atoms. The predicted octanol–water partition coefficient (Wildman–Crippen LogP) is 6.13. The van der Waals surface area contributed by atoms with Crippen LogP contribution in [-0.2, 0) is 11.2 Å². The van der Waals surface area contributed by atoms with Gasteiger partial charge < -0.3 is 4.74 Å². The molecule has 1 heteroatoms. The fourth-order valence-corrected chi connectivity index (χ4v) is 3.79. The summed E-state index contributed by atoms with van der Waals surface area (Å²) in [5.74, 6) is 7.96. The predicted molar refractivity (Wildman–Crippen MR) is 114 cm³/mol. The average Bonchev–Trinajstić information content (AvgIpc) is 2.74. The van der Waals surface area contributed by atoms with E-state index in [2.05, 4.69) is 73.9 Å². The van der Waals surface area contributed by atoms with E-state index in [1.807, 2.05) is 6.08 Å². The van der Waals surface area contributed by atoms with Crippen LogP contribution in [0.5, 0.6) is 0 Å². The van der Waals surface area contributed by atoms with Crippen LogP contribution >= 0.6 is 0 Å². The molecule has 0 saturated heterocycles. The topological polar surface area (TPSA) is 9.23 Å². The van der Waals surface area contributed by atoms with Crippen molar-refractivity contribution in [1.82, 2.24) is 0 Å². The Morgan fingerprint density at radius 2 is 1.52 bits per heavy atom. The van der Waals surface area contributed by atoms with Gasteiger partial charge in [0.15, 0.2) is 0 Å². The lowest BCUT2D eigenvalue weighted by molar-refractivity contribution is 0.102.